The molecule has 0 aromatic heterocycles. The zero-order valence-electron chi connectivity index (χ0n) is 13.6. The number of β-lactam (4-membered cyclic amide) rings is 1. The third kappa shape index (κ3) is 2.75. The van der Waals surface area contributed by atoms with E-state index >= 15 is 0 Å². The molecule has 0 spiro atoms. The molecule has 8 nitrogen and oxygen atoms in total. The smallest absolute Gasteiger partial charge is 0.333 e. The van der Waals surface area contributed by atoms with Crippen molar-refractivity contribution in [1.29, 1.82) is 0 Å². The van der Waals surface area contributed by atoms with Gasteiger partial charge in [0.25, 0.3) is 11.8 Å². The monoisotopic (exact) mass is 344 g/mol. The Morgan fingerprint density at radius 2 is 1.72 bits per heavy atom. The van der Waals surface area contributed by atoms with Crippen molar-refractivity contribution < 1.29 is 28.7 Å². The number of hydrogen-bond donors (Lipinski definition) is 1. The first kappa shape index (κ1) is 16.7. The van der Waals surface area contributed by atoms with Crippen molar-refractivity contribution >= 4 is 23.7 Å². The number of imide groups is 1. The maximum atomic E-state index is 12.5. The van der Waals surface area contributed by atoms with Gasteiger partial charge in [0.2, 0.25) is 5.91 Å². The second-order valence-electron chi connectivity index (χ2n) is 5.63. The maximum Gasteiger partial charge on any atom is 0.333 e. The SMILES string of the molecule is COC(=O)C=C(CC1NC(=O)C1N1C(=O)c2ccccc2C1=O)OC. The largest absolute Gasteiger partial charge is 0.501 e. The van der Waals surface area contributed by atoms with Crippen LogP contribution in [0.4, 0.5) is 0 Å². The molecular weight excluding hydrogens is 328 g/mol. The highest BCUT2D eigenvalue weighted by Gasteiger charge is 2.51. The van der Waals surface area contributed by atoms with Gasteiger partial charge >= 0.3 is 5.97 Å². The number of amides is 3. The van der Waals surface area contributed by atoms with Crippen molar-refractivity contribution in [3.05, 3.63) is 47.2 Å². The molecule has 2 atom stereocenters. The van der Waals surface area contributed by atoms with Crippen LogP contribution in [0.5, 0.6) is 0 Å². The second kappa shape index (κ2) is 6.39. The van der Waals surface area contributed by atoms with Crippen LogP contribution >= 0.6 is 0 Å². The average molecular weight is 344 g/mol. The van der Waals surface area contributed by atoms with Crippen LogP contribution in [-0.2, 0) is 19.1 Å². The molecular formula is C17H16N2O6. The molecule has 2 unspecified atom stereocenters. The van der Waals surface area contributed by atoms with E-state index in [2.05, 4.69) is 10.1 Å². The van der Waals surface area contributed by atoms with E-state index < -0.39 is 35.8 Å². The fourth-order valence-electron chi connectivity index (χ4n) is 2.96. The van der Waals surface area contributed by atoms with Crippen molar-refractivity contribution in [1.82, 2.24) is 10.2 Å². The normalized spacial score (nSPS) is 22.2. The first-order valence-corrected chi connectivity index (χ1v) is 7.57. The predicted octanol–water partition coefficient (Wildman–Crippen LogP) is 0.243. The number of carbonyl (C=O) groups excluding carboxylic acids is 4. The van der Waals surface area contributed by atoms with Crippen LogP contribution in [0.3, 0.4) is 0 Å². The molecule has 1 fully saturated rings. The summed E-state index contributed by atoms with van der Waals surface area (Å²) in [6, 6.07) is 4.95. The standard InChI is InChI=1S/C17H16N2O6/c1-24-9(8-13(20)25-2)7-12-14(15(21)18-12)19-16(22)10-5-3-4-6-11(10)17(19)23/h3-6,8,12,14H,7H2,1-2H3,(H,18,21). The van der Waals surface area contributed by atoms with E-state index in [9.17, 15) is 19.2 Å². The van der Waals surface area contributed by atoms with E-state index in [-0.39, 0.29) is 23.3 Å². The fraction of sp³-hybridized carbons (Fsp3) is 0.294. The first-order valence-electron chi connectivity index (χ1n) is 7.57. The Hall–Kier alpha value is -3.16. The predicted molar refractivity (Wildman–Crippen MR) is 84.4 cm³/mol. The van der Waals surface area contributed by atoms with E-state index in [1.165, 1.54) is 14.2 Å². The van der Waals surface area contributed by atoms with Crippen LogP contribution in [0.15, 0.2) is 36.1 Å². The molecule has 3 amide bonds. The highest BCUT2D eigenvalue weighted by molar-refractivity contribution is 6.23. The minimum Gasteiger partial charge on any atom is -0.501 e. The molecule has 130 valence electrons. The van der Waals surface area contributed by atoms with Gasteiger partial charge in [-0.15, -0.1) is 0 Å². The van der Waals surface area contributed by atoms with Gasteiger partial charge in [0.05, 0.1) is 37.5 Å². The number of ether oxygens (including phenoxy) is 2. The van der Waals surface area contributed by atoms with Crippen molar-refractivity contribution in [3.63, 3.8) is 0 Å². The van der Waals surface area contributed by atoms with Crippen LogP contribution in [-0.4, -0.2) is 54.9 Å². The first-order chi connectivity index (χ1) is 12.0. The van der Waals surface area contributed by atoms with Gasteiger partial charge in [-0.1, -0.05) is 12.1 Å². The molecule has 1 aromatic rings. The zero-order chi connectivity index (χ0) is 18.1. The summed E-state index contributed by atoms with van der Waals surface area (Å²) in [5, 5.41) is 2.64. The molecule has 8 heteroatoms. The molecule has 0 bridgehead atoms. The molecule has 2 aliphatic heterocycles. The Morgan fingerprint density at radius 1 is 1.12 bits per heavy atom. The number of nitrogens with zero attached hydrogens (tertiary/aromatic N) is 1. The van der Waals surface area contributed by atoms with Crippen LogP contribution in [0.25, 0.3) is 0 Å². The van der Waals surface area contributed by atoms with Crippen molar-refractivity contribution in [2.45, 2.75) is 18.5 Å². The van der Waals surface area contributed by atoms with Gasteiger partial charge in [-0.25, -0.2) is 4.79 Å². The van der Waals surface area contributed by atoms with Gasteiger partial charge < -0.3 is 14.8 Å². The van der Waals surface area contributed by atoms with Crippen LogP contribution < -0.4 is 5.32 Å². The number of methoxy groups -OCH3 is 2. The lowest BCUT2D eigenvalue weighted by atomic mass is 9.93. The van der Waals surface area contributed by atoms with Crippen molar-refractivity contribution in [3.8, 4) is 0 Å². The Kier molecular flexibility index (Phi) is 4.26. The summed E-state index contributed by atoms with van der Waals surface area (Å²) in [5.41, 5.74) is 0.561. The van der Waals surface area contributed by atoms with Gasteiger partial charge in [-0.3, -0.25) is 19.3 Å². The number of benzene rings is 1. The highest BCUT2D eigenvalue weighted by Crippen LogP contribution is 2.30. The molecule has 3 rings (SSSR count). The quantitative estimate of drug-likeness (QED) is 0.270. The number of fused-ring (bicyclic) bond motifs is 1. The van der Waals surface area contributed by atoms with Crippen LogP contribution in [0.1, 0.15) is 27.1 Å². The molecule has 2 aliphatic rings. The van der Waals surface area contributed by atoms with E-state index in [1.54, 1.807) is 24.3 Å². The molecule has 1 saturated heterocycles. The van der Waals surface area contributed by atoms with Crippen LogP contribution in [0, 0.1) is 0 Å². The Morgan fingerprint density at radius 3 is 2.20 bits per heavy atom. The van der Waals surface area contributed by atoms with E-state index in [4.69, 9.17) is 4.74 Å². The number of rotatable bonds is 5. The van der Waals surface area contributed by atoms with Crippen molar-refractivity contribution in [2.75, 3.05) is 14.2 Å². The van der Waals surface area contributed by atoms with Gasteiger partial charge in [0, 0.05) is 6.42 Å². The molecule has 0 aliphatic carbocycles. The van der Waals surface area contributed by atoms with Crippen LogP contribution in [0.2, 0.25) is 0 Å². The number of hydrogen-bond acceptors (Lipinski definition) is 6. The Labute approximate surface area is 143 Å². The van der Waals surface area contributed by atoms with Gasteiger partial charge in [-0.05, 0) is 12.1 Å². The third-order valence-electron chi connectivity index (χ3n) is 4.24. The van der Waals surface area contributed by atoms with Gasteiger partial charge in [0.1, 0.15) is 11.8 Å². The zero-order valence-corrected chi connectivity index (χ0v) is 13.6. The Bertz CT molecular complexity index is 765. The molecule has 0 saturated carbocycles. The van der Waals surface area contributed by atoms with E-state index in [0.717, 1.165) is 11.0 Å². The molecule has 0 radical (unpaired) electrons. The third-order valence-corrected chi connectivity index (χ3v) is 4.24. The average Bonchev–Trinajstić information content (AvgIpc) is 2.85. The number of carbonyl (C=O) groups is 4. The van der Waals surface area contributed by atoms with E-state index in [1.807, 2.05) is 0 Å². The lowest BCUT2D eigenvalue weighted by Crippen LogP contribution is -2.70. The number of esters is 1. The summed E-state index contributed by atoms with van der Waals surface area (Å²) in [4.78, 5) is 49.4. The van der Waals surface area contributed by atoms with Gasteiger partial charge in [-0.2, -0.15) is 0 Å². The minimum absolute atomic E-state index is 0.148. The summed E-state index contributed by atoms with van der Waals surface area (Å²) in [5.74, 6) is -1.74. The van der Waals surface area contributed by atoms with Gasteiger partial charge in [0.15, 0.2) is 0 Å². The minimum atomic E-state index is -0.941. The summed E-state index contributed by atoms with van der Waals surface area (Å²) in [7, 11) is 2.62. The molecule has 25 heavy (non-hydrogen) atoms. The van der Waals surface area contributed by atoms with Crippen molar-refractivity contribution in [2.24, 2.45) is 0 Å². The molecule has 1 N–H and O–H groups in total. The second-order valence-corrected chi connectivity index (χ2v) is 5.63. The lowest BCUT2D eigenvalue weighted by molar-refractivity contribution is -0.135. The summed E-state index contributed by atoms with van der Waals surface area (Å²) < 4.78 is 9.65. The molecule has 1 aromatic carbocycles. The highest BCUT2D eigenvalue weighted by atomic mass is 16.5. The number of nitrogens with one attached hydrogen (secondary N) is 1. The molecule has 2 heterocycles. The van der Waals surface area contributed by atoms with E-state index in [0.29, 0.717) is 0 Å². The Balaban J connectivity index is 1.82. The lowest BCUT2D eigenvalue weighted by Gasteiger charge is -2.41. The fourth-order valence-corrected chi connectivity index (χ4v) is 2.96. The summed E-state index contributed by atoms with van der Waals surface area (Å²) in [6.45, 7) is 0. The maximum absolute atomic E-state index is 12.5. The summed E-state index contributed by atoms with van der Waals surface area (Å²) >= 11 is 0. The topological polar surface area (TPSA) is 102 Å². The summed E-state index contributed by atoms with van der Waals surface area (Å²) in [6.07, 6.45) is 1.30.